The number of carbonyl (C=O) groups excluding carboxylic acids is 2. The van der Waals surface area contributed by atoms with Gasteiger partial charge >= 0.3 is 0 Å². The molecule has 4 heterocycles. The van der Waals surface area contributed by atoms with Gasteiger partial charge < -0.3 is 27.0 Å². The van der Waals surface area contributed by atoms with Crippen LogP contribution in [0.1, 0.15) is 61.9 Å². The number of pyridine rings is 1. The third kappa shape index (κ3) is 6.23. The molecule has 0 spiro atoms. The molecule has 12 heteroatoms. The molecule has 0 unspecified atom stereocenters. The number of piperazine rings is 1. The second kappa shape index (κ2) is 13.4. The van der Waals surface area contributed by atoms with E-state index >= 15 is 4.39 Å². The van der Waals surface area contributed by atoms with Crippen molar-refractivity contribution in [3.63, 3.8) is 0 Å². The number of nitrogen functional groups attached to an aromatic ring is 1. The Bertz CT molecular complexity index is 2180. The molecule has 5 aromatic rings. The summed E-state index contributed by atoms with van der Waals surface area (Å²) in [5.41, 5.74) is 18.5. The fourth-order valence-electron chi connectivity index (χ4n) is 7.81. The molecule has 2 amide bonds. The van der Waals surface area contributed by atoms with Crippen molar-refractivity contribution in [3.05, 3.63) is 112 Å². The van der Waals surface area contributed by atoms with Gasteiger partial charge in [-0.05, 0) is 110 Å². The van der Waals surface area contributed by atoms with Crippen molar-refractivity contribution >= 4 is 40.5 Å². The van der Waals surface area contributed by atoms with Gasteiger partial charge in [-0.1, -0.05) is 18.2 Å². The maximum Gasteiger partial charge on any atom is 0.257 e. The Hall–Kier alpha value is -5.75. The Morgan fingerprint density at radius 3 is 2.44 bits per heavy atom. The number of nitrogens with one attached hydrogen (secondary N) is 2. The van der Waals surface area contributed by atoms with Crippen LogP contribution in [0.25, 0.3) is 11.3 Å². The fraction of sp³-hybridized carbons (Fsp3) is 0.300. The molecule has 2 fully saturated rings. The number of aromatic nitrogens is 3. The fourth-order valence-corrected chi connectivity index (χ4v) is 7.81. The van der Waals surface area contributed by atoms with E-state index in [1.54, 1.807) is 16.8 Å². The topological polar surface area (TPSA) is 147 Å². The van der Waals surface area contributed by atoms with Crippen LogP contribution in [0.4, 0.5) is 33.1 Å². The number of amides is 2. The molecular formula is C40H42FN9O2. The van der Waals surface area contributed by atoms with Crippen LogP contribution in [0.3, 0.4) is 0 Å². The average molecular weight is 700 g/mol. The summed E-state index contributed by atoms with van der Waals surface area (Å²) in [4.78, 5) is 35.4. The molecule has 2 aliphatic heterocycles. The van der Waals surface area contributed by atoms with E-state index in [0.717, 1.165) is 48.8 Å². The van der Waals surface area contributed by atoms with Crippen LogP contribution in [0, 0.1) is 19.7 Å². The van der Waals surface area contributed by atoms with E-state index in [0.29, 0.717) is 36.6 Å². The molecule has 3 aromatic carbocycles. The number of fused-ring (bicyclic) bond motifs is 2. The number of nitrogens with zero attached hydrogens (tertiary/aromatic N) is 5. The van der Waals surface area contributed by atoms with Crippen molar-refractivity contribution in [2.45, 2.75) is 51.6 Å². The third-order valence-corrected chi connectivity index (χ3v) is 10.9. The van der Waals surface area contributed by atoms with Gasteiger partial charge in [-0.25, -0.2) is 14.1 Å². The monoisotopic (exact) mass is 699 g/mol. The normalized spacial score (nSPS) is 18.4. The molecule has 8 rings (SSSR count). The smallest absolute Gasteiger partial charge is 0.257 e. The van der Waals surface area contributed by atoms with Crippen LogP contribution < -0.4 is 27.0 Å². The van der Waals surface area contributed by atoms with Crippen molar-refractivity contribution in [3.8, 4) is 11.3 Å². The van der Waals surface area contributed by atoms with Gasteiger partial charge in [-0.2, -0.15) is 5.10 Å². The Morgan fingerprint density at radius 2 is 1.71 bits per heavy atom. The van der Waals surface area contributed by atoms with Crippen molar-refractivity contribution < 1.29 is 14.0 Å². The van der Waals surface area contributed by atoms with E-state index in [-0.39, 0.29) is 27.9 Å². The van der Waals surface area contributed by atoms with Crippen LogP contribution in [-0.2, 0) is 13.0 Å². The summed E-state index contributed by atoms with van der Waals surface area (Å²) in [6.45, 7) is 7.79. The standard InChI is InChI=1S/C40H42FN9O2/c1-23-4-3-5-34(44-23)46-40(52)31-11-12-32(36(41)24(31)2)37-35(38(43)51)39-45-33-13-10-29(20-26(33)14-15-50(39)47-37)48-16-18-49(19-17-48)30-21-27(22-30)25-6-8-28(42)9-7-25/h3-13,20,27,30,45H,14-19,21-22,42H2,1-2H3,(H2,43,51)(H,44,46,52). The predicted octanol–water partition coefficient (Wildman–Crippen LogP) is 6.00. The zero-order valence-electron chi connectivity index (χ0n) is 29.3. The summed E-state index contributed by atoms with van der Waals surface area (Å²) in [5.74, 6) is -0.451. The molecule has 52 heavy (non-hydrogen) atoms. The first-order chi connectivity index (χ1) is 25.1. The minimum absolute atomic E-state index is 0.0938. The van der Waals surface area contributed by atoms with E-state index < -0.39 is 17.6 Å². The van der Waals surface area contributed by atoms with Crippen LogP contribution in [0.5, 0.6) is 0 Å². The number of hydrogen-bond donors (Lipinski definition) is 4. The maximum absolute atomic E-state index is 16.0. The van der Waals surface area contributed by atoms with Crippen molar-refractivity contribution in [1.82, 2.24) is 19.7 Å². The Balaban J connectivity index is 0.962. The van der Waals surface area contributed by atoms with E-state index in [1.807, 2.05) is 31.2 Å². The van der Waals surface area contributed by atoms with E-state index in [4.69, 9.17) is 16.6 Å². The molecule has 1 aliphatic carbocycles. The molecule has 0 bridgehead atoms. The highest BCUT2D eigenvalue weighted by Gasteiger charge is 2.36. The lowest BCUT2D eigenvalue weighted by Crippen LogP contribution is -2.53. The van der Waals surface area contributed by atoms with Gasteiger partial charge in [0, 0.05) is 72.6 Å². The molecule has 1 saturated carbocycles. The third-order valence-electron chi connectivity index (χ3n) is 10.9. The molecule has 6 N–H and O–H groups in total. The molecule has 0 radical (unpaired) electrons. The SMILES string of the molecule is Cc1cccc(NC(=O)c2ccc(-c3nn4c(c3C(N)=O)Nc3ccc(N5CCN(C6CC(c7ccc(N)cc7)C6)CC5)cc3CC4)c(F)c2C)n1. The first kappa shape index (κ1) is 33.4. The lowest BCUT2D eigenvalue weighted by Gasteiger charge is -2.47. The largest absolute Gasteiger partial charge is 0.399 e. The quantitative estimate of drug-likeness (QED) is 0.151. The second-order valence-electron chi connectivity index (χ2n) is 14.1. The molecule has 1 saturated heterocycles. The first-order valence-corrected chi connectivity index (χ1v) is 17.8. The minimum atomic E-state index is -0.725. The zero-order chi connectivity index (χ0) is 36.1. The number of primary amides is 1. The highest BCUT2D eigenvalue weighted by Crippen LogP contribution is 2.41. The van der Waals surface area contributed by atoms with Crippen LogP contribution in [0.15, 0.2) is 72.8 Å². The number of aryl methyl sites for hydroxylation is 3. The van der Waals surface area contributed by atoms with Gasteiger partial charge in [0.15, 0.2) is 0 Å². The average Bonchev–Trinajstić information content (AvgIpc) is 3.37. The van der Waals surface area contributed by atoms with Crippen LogP contribution in [0.2, 0.25) is 0 Å². The predicted molar refractivity (Wildman–Crippen MR) is 202 cm³/mol. The lowest BCUT2D eigenvalue weighted by atomic mass is 9.75. The van der Waals surface area contributed by atoms with E-state index in [2.05, 4.69) is 49.7 Å². The summed E-state index contributed by atoms with van der Waals surface area (Å²) >= 11 is 0. The number of hydrogen-bond acceptors (Lipinski definition) is 8. The highest BCUT2D eigenvalue weighted by molar-refractivity contribution is 6.07. The Labute approximate surface area is 301 Å². The molecule has 2 aromatic heterocycles. The van der Waals surface area contributed by atoms with E-state index in [1.165, 1.54) is 43.1 Å². The second-order valence-corrected chi connectivity index (χ2v) is 14.1. The van der Waals surface area contributed by atoms with Gasteiger partial charge in [-0.3, -0.25) is 14.5 Å². The molecule has 3 aliphatic rings. The van der Waals surface area contributed by atoms with Gasteiger partial charge in [0.2, 0.25) is 0 Å². The van der Waals surface area contributed by atoms with Gasteiger partial charge in [0.25, 0.3) is 11.8 Å². The minimum Gasteiger partial charge on any atom is -0.399 e. The first-order valence-electron chi connectivity index (χ1n) is 17.8. The summed E-state index contributed by atoms with van der Waals surface area (Å²) in [5, 5.41) is 10.8. The van der Waals surface area contributed by atoms with Gasteiger partial charge in [0.05, 0.1) is 0 Å². The highest BCUT2D eigenvalue weighted by atomic mass is 19.1. The summed E-state index contributed by atoms with van der Waals surface area (Å²) in [6, 6.07) is 23.6. The maximum atomic E-state index is 16.0. The summed E-state index contributed by atoms with van der Waals surface area (Å²) in [6.07, 6.45) is 3.05. The summed E-state index contributed by atoms with van der Waals surface area (Å²) in [7, 11) is 0. The summed E-state index contributed by atoms with van der Waals surface area (Å²) < 4.78 is 17.7. The van der Waals surface area contributed by atoms with Crippen molar-refractivity contribution in [1.29, 1.82) is 0 Å². The van der Waals surface area contributed by atoms with Crippen LogP contribution >= 0.6 is 0 Å². The number of carbonyl (C=O) groups is 2. The van der Waals surface area contributed by atoms with Gasteiger partial charge in [0.1, 0.15) is 28.7 Å². The number of nitrogens with two attached hydrogens (primary N) is 2. The Morgan fingerprint density at radius 1 is 0.942 bits per heavy atom. The van der Waals surface area contributed by atoms with E-state index in [9.17, 15) is 9.59 Å². The molecule has 0 atom stereocenters. The molecule has 11 nitrogen and oxygen atoms in total. The number of benzene rings is 3. The number of halogens is 1. The number of rotatable bonds is 7. The molecule has 266 valence electrons. The zero-order valence-corrected chi connectivity index (χ0v) is 29.3. The number of anilines is 5. The van der Waals surface area contributed by atoms with Crippen molar-refractivity contribution in [2.75, 3.05) is 47.4 Å². The molecular weight excluding hydrogens is 657 g/mol. The van der Waals surface area contributed by atoms with Crippen LogP contribution in [-0.4, -0.2) is 63.7 Å². The van der Waals surface area contributed by atoms with Crippen molar-refractivity contribution in [2.24, 2.45) is 5.73 Å². The Kier molecular flexibility index (Phi) is 8.62. The lowest BCUT2D eigenvalue weighted by molar-refractivity contribution is 0.0998. The van der Waals surface area contributed by atoms with Gasteiger partial charge in [-0.15, -0.1) is 0 Å².